The molecule has 0 saturated carbocycles. The van der Waals surface area contributed by atoms with Crippen molar-refractivity contribution in [2.45, 2.75) is 32.2 Å². The number of nitro groups is 1. The van der Waals surface area contributed by atoms with Gasteiger partial charge >= 0.3 is 5.97 Å². The Bertz CT molecular complexity index is 718. The Hall–Kier alpha value is -2.97. The highest BCUT2D eigenvalue weighted by Crippen LogP contribution is 2.19. The van der Waals surface area contributed by atoms with E-state index in [0.717, 1.165) is 12.8 Å². The highest BCUT2D eigenvalue weighted by atomic mass is 16.6. The van der Waals surface area contributed by atoms with Crippen LogP contribution in [0.2, 0.25) is 0 Å². The fourth-order valence-electron chi connectivity index (χ4n) is 2.85. The Labute approximate surface area is 143 Å². The molecule has 1 heterocycles. The Morgan fingerprint density at radius 1 is 1.36 bits per heavy atom. The van der Waals surface area contributed by atoms with E-state index in [0.29, 0.717) is 18.5 Å². The van der Waals surface area contributed by atoms with E-state index < -0.39 is 28.7 Å². The van der Waals surface area contributed by atoms with Gasteiger partial charge in [0.15, 0.2) is 0 Å². The number of aryl methyl sites for hydroxylation is 1. The number of hydrogen-bond donors (Lipinski definition) is 2. The lowest BCUT2D eigenvalue weighted by molar-refractivity contribution is -0.385. The van der Waals surface area contributed by atoms with E-state index in [1.54, 1.807) is 0 Å². The van der Waals surface area contributed by atoms with Crippen molar-refractivity contribution >= 4 is 23.5 Å². The van der Waals surface area contributed by atoms with Crippen LogP contribution in [0.15, 0.2) is 18.2 Å². The maximum atomic E-state index is 12.2. The lowest BCUT2D eigenvalue weighted by Gasteiger charge is -2.33. The first kappa shape index (κ1) is 18.4. The summed E-state index contributed by atoms with van der Waals surface area (Å²) in [6.07, 6.45) is 1.87. The number of likely N-dealkylation sites (tertiary alicyclic amines) is 1. The van der Waals surface area contributed by atoms with Crippen LogP contribution in [-0.2, 0) is 9.59 Å². The SMILES string of the molecule is Cc1cc(C(=O)NCC(=O)N2CCCCC2C(=O)O)ccc1[N+](=O)[O-]. The first-order valence-electron chi connectivity index (χ1n) is 7.86. The smallest absolute Gasteiger partial charge is 0.326 e. The lowest BCUT2D eigenvalue weighted by Crippen LogP contribution is -2.51. The monoisotopic (exact) mass is 349 g/mol. The molecular formula is C16H19N3O6. The quantitative estimate of drug-likeness (QED) is 0.605. The molecule has 1 atom stereocenters. The van der Waals surface area contributed by atoms with Crippen molar-refractivity contribution < 1.29 is 24.4 Å². The van der Waals surface area contributed by atoms with Crippen molar-refractivity contribution in [3.8, 4) is 0 Å². The van der Waals surface area contributed by atoms with Gasteiger partial charge in [-0.25, -0.2) is 4.79 Å². The summed E-state index contributed by atoms with van der Waals surface area (Å²) in [5, 5.41) is 22.4. The fraction of sp³-hybridized carbons (Fsp3) is 0.438. The van der Waals surface area contributed by atoms with Crippen LogP contribution in [0, 0.1) is 17.0 Å². The number of nitrogens with zero attached hydrogens (tertiary/aromatic N) is 2. The molecular weight excluding hydrogens is 330 g/mol. The van der Waals surface area contributed by atoms with Crippen LogP contribution >= 0.6 is 0 Å². The minimum atomic E-state index is -1.05. The standard InChI is InChI=1S/C16H19N3O6/c1-10-8-11(5-6-12(10)19(24)25)15(21)17-9-14(20)18-7-3-2-4-13(18)16(22)23/h5-6,8,13H,2-4,7,9H2,1H3,(H,17,21)(H,22,23). The molecule has 2 amide bonds. The maximum Gasteiger partial charge on any atom is 0.326 e. The molecule has 1 fully saturated rings. The summed E-state index contributed by atoms with van der Waals surface area (Å²) in [5.41, 5.74) is 0.445. The number of hydrogen-bond acceptors (Lipinski definition) is 5. The van der Waals surface area contributed by atoms with Crippen molar-refractivity contribution in [1.29, 1.82) is 0 Å². The normalized spacial score (nSPS) is 17.0. The van der Waals surface area contributed by atoms with Crippen LogP contribution in [-0.4, -0.2) is 51.8 Å². The number of carbonyl (C=O) groups excluding carboxylic acids is 2. The van der Waals surface area contributed by atoms with Gasteiger partial charge in [0.2, 0.25) is 5.91 Å². The second-order valence-electron chi connectivity index (χ2n) is 5.88. The van der Waals surface area contributed by atoms with Crippen molar-refractivity contribution in [1.82, 2.24) is 10.2 Å². The molecule has 0 aromatic heterocycles. The van der Waals surface area contributed by atoms with E-state index in [1.807, 2.05) is 0 Å². The van der Waals surface area contributed by atoms with E-state index >= 15 is 0 Å². The molecule has 1 saturated heterocycles. The summed E-state index contributed by atoms with van der Waals surface area (Å²) in [5.74, 6) is -2.06. The zero-order chi connectivity index (χ0) is 18.6. The molecule has 1 aromatic rings. The number of amides is 2. The van der Waals surface area contributed by atoms with E-state index in [1.165, 1.54) is 30.0 Å². The van der Waals surface area contributed by atoms with Crippen LogP contribution in [0.3, 0.4) is 0 Å². The zero-order valence-corrected chi connectivity index (χ0v) is 13.7. The minimum absolute atomic E-state index is 0.0924. The summed E-state index contributed by atoms with van der Waals surface area (Å²) >= 11 is 0. The van der Waals surface area contributed by atoms with Gasteiger partial charge in [-0.2, -0.15) is 0 Å². The number of benzene rings is 1. The molecule has 1 aliphatic rings. The van der Waals surface area contributed by atoms with Crippen LogP contribution in [0.4, 0.5) is 5.69 Å². The third-order valence-corrected chi connectivity index (χ3v) is 4.16. The van der Waals surface area contributed by atoms with Crippen LogP contribution in [0.5, 0.6) is 0 Å². The number of carbonyl (C=O) groups is 3. The summed E-state index contributed by atoms with van der Waals surface area (Å²) < 4.78 is 0. The fourth-order valence-corrected chi connectivity index (χ4v) is 2.85. The van der Waals surface area contributed by atoms with E-state index in [9.17, 15) is 29.6 Å². The predicted molar refractivity (Wildman–Crippen MR) is 87.2 cm³/mol. The summed E-state index contributed by atoms with van der Waals surface area (Å²) in [4.78, 5) is 47.1. The number of piperidine rings is 1. The highest BCUT2D eigenvalue weighted by molar-refractivity contribution is 5.97. The number of nitrogens with one attached hydrogen (secondary N) is 1. The average Bonchev–Trinajstić information content (AvgIpc) is 2.58. The van der Waals surface area contributed by atoms with Crippen LogP contribution in [0.25, 0.3) is 0 Å². The van der Waals surface area contributed by atoms with Crippen LogP contribution < -0.4 is 5.32 Å². The predicted octanol–water partition coefficient (Wildman–Crippen LogP) is 1.10. The largest absolute Gasteiger partial charge is 0.480 e. The molecule has 134 valence electrons. The molecule has 9 nitrogen and oxygen atoms in total. The maximum absolute atomic E-state index is 12.2. The van der Waals surface area contributed by atoms with Crippen molar-refractivity contribution in [3.63, 3.8) is 0 Å². The number of nitro benzene ring substituents is 1. The molecule has 2 N–H and O–H groups in total. The number of aliphatic carboxylic acids is 1. The second-order valence-corrected chi connectivity index (χ2v) is 5.88. The Kier molecular flexibility index (Phi) is 5.68. The molecule has 1 unspecified atom stereocenters. The summed E-state index contributed by atoms with van der Waals surface area (Å²) in [7, 11) is 0. The van der Waals surface area contributed by atoms with Gasteiger partial charge in [0.05, 0.1) is 11.5 Å². The van der Waals surface area contributed by atoms with Gasteiger partial charge in [-0.15, -0.1) is 0 Å². The van der Waals surface area contributed by atoms with E-state index in [-0.39, 0.29) is 17.8 Å². The van der Waals surface area contributed by atoms with Gasteiger partial charge in [-0.3, -0.25) is 19.7 Å². The van der Waals surface area contributed by atoms with Gasteiger partial charge in [0, 0.05) is 23.7 Å². The molecule has 0 spiro atoms. The zero-order valence-electron chi connectivity index (χ0n) is 13.7. The molecule has 9 heteroatoms. The Morgan fingerprint density at radius 2 is 2.08 bits per heavy atom. The van der Waals surface area contributed by atoms with Crippen molar-refractivity contribution in [2.24, 2.45) is 0 Å². The third kappa shape index (κ3) is 4.31. The van der Waals surface area contributed by atoms with Gasteiger partial charge < -0.3 is 15.3 Å². The van der Waals surface area contributed by atoms with E-state index in [4.69, 9.17) is 0 Å². The minimum Gasteiger partial charge on any atom is -0.480 e. The molecule has 25 heavy (non-hydrogen) atoms. The summed E-state index contributed by atoms with van der Waals surface area (Å²) in [6, 6.07) is 3.06. The molecule has 1 aliphatic heterocycles. The van der Waals surface area contributed by atoms with Gasteiger partial charge in [0.1, 0.15) is 6.04 Å². The highest BCUT2D eigenvalue weighted by Gasteiger charge is 2.31. The molecule has 0 radical (unpaired) electrons. The lowest BCUT2D eigenvalue weighted by atomic mass is 10.0. The Balaban J connectivity index is 1.99. The number of rotatable bonds is 5. The molecule has 0 bridgehead atoms. The van der Waals surface area contributed by atoms with Gasteiger partial charge in [-0.05, 0) is 38.3 Å². The average molecular weight is 349 g/mol. The van der Waals surface area contributed by atoms with E-state index in [2.05, 4.69) is 5.32 Å². The van der Waals surface area contributed by atoms with Crippen LogP contribution in [0.1, 0.15) is 35.2 Å². The van der Waals surface area contributed by atoms with Gasteiger partial charge in [0.25, 0.3) is 11.6 Å². The third-order valence-electron chi connectivity index (χ3n) is 4.16. The molecule has 0 aliphatic carbocycles. The Morgan fingerprint density at radius 3 is 2.68 bits per heavy atom. The second kappa shape index (κ2) is 7.73. The first-order valence-corrected chi connectivity index (χ1v) is 7.86. The molecule has 2 rings (SSSR count). The number of carboxylic acid groups (broad SMARTS) is 1. The van der Waals surface area contributed by atoms with Gasteiger partial charge in [-0.1, -0.05) is 0 Å². The van der Waals surface area contributed by atoms with Crippen molar-refractivity contribution in [3.05, 3.63) is 39.4 Å². The summed E-state index contributed by atoms with van der Waals surface area (Å²) in [6.45, 7) is 1.55. The molecule has 1 aromatic carbocycles. The van der Waals surface area contributed by atoms with Crippen molar-refractivity contribution in [2.75, 3.05) is 13.1 Å². The topological polar surface area (TPSA) is 130 Å². The number of carboxylic acids is 1. The first-order chi connectivity index (χ1) is 11.8.